The normalized spacial score (nSPS) is 27.3. The zero-order chi connectivity index (χ0) is 10.4. The van der Waals surface area contributed by atoms with Crippen molar-refractivity contribution in [1.82, 2.24) is 5.32 Å². The average molecular weight is 217 g/mol. The third-order valence-corrected chi connectivity index (χ3v) is 2.99. The molecule has 1 saturated carbocycles. The van der Waals surface area contributed by atoms with Gasteiger partial charge in [0.2, 0.25) is 5.91 Å². The van der Waals surface area contributed by atoms with E-state index in [1.54, 1.807) is 0 Å². The van der Waals surface area contributed by atoms with Crippen LogP contribution in [0.1, 0.15) is 32.1 Å². The molecule has 1 amide bonds. The fourth-order valence-electron chi connectivity index (χ4n) is 1.86. The highest BCUT2D eigenvalue weighted by molar-refractivity contribution is 7.80. The Hall–Kier alpha value is -0.220. The van der Waals surface area contributed by atoms with Crippen LogP contribution in [0.3, 0.4) is 0 Å². The molecular weight excluding hydrogens is 198 g/mol. The predicted molar refractivity (Wildman–Crippen MR) is 59.4 cm³/mol. The van der Waals surface area contributed by atoms with Gasteiger partial charge in [-0.1, -0.05) is 12.8 Å². The summed E-state index contributed by atoms with van der Waals surface area (Å²) in [4.78, 5) is 11.2. The van der Waals surface area contributed by atoms with Crippen LogP contribution in [0, 0.1) is 5.92 Å². The van der Waals surface area contributed by atoms with Crippen LogP contribution in [0.2, 0.25) is 0 Å². The van der Waals surface area contributed by atoms with Crippen LogP contribution < -0.4 is 5.32 Å². The molecule has 0 spiro atoms. The zero-order valence-electron chi connectivity index (χ0n) is 8.41. The average Bonchev–Trinajstić information content (AvgIpc) is 2.17. The summed E-state index contributed by atoms with van der Waals surface area (Å²) in [6.45, 7) is 0.619. The fourth-order valence-corrected chi connectivity index (χ4v) is 2.06. The maximum Gasteiger partial charge on any atom is 0.220 e. The summed E-state index contributed by atoms with van der Waals surface area (Å²) < 4.78 is 0. The minimum absolute atomic E-state index is 0.0396. The lowest BCUT2D eigenvalue weighted by atomic mass is 9.86. The van der Waals surface area contributed by atoms with Gasteiger partial charge in [-0.15, -0.1) is 0 Å². The molecule has 0 heterocycles. The highest BCUT2D eigenvalue weighted by Crippen LogP contribution is 2.23. The summed E-state index contributed by atoms with van der Waals surface area (Å²) in [5, 5.41) is 12.5. The molecule has 1 fully saturated rings. The van der Waals surface area contributed by atoms with E-state index >= 15 is 0 Å². The molecule has 4 heteroatoms. The van der Waals surface area contributed by atoms with Gasteiger partial charge in [0.25, 0.3) is 0 Å². The molecule has 0 aromatic carbocycles. The van der Waals surface area contributed by atoms with Crippen molar-refractivity contribution < 1.29 is 9.90 Å². The van der Waals surface area contributed by atoms with Gasteiger partial charge in [0.05, 0.1) is 6.10 Å². The number of carbonyl (C=O) groups is 1. The number of carbonyl (C=O) groups excluding carboxylic acids is 1. The molecule has 1 aliphatic rings. The smallest absolute Gasteiger partial charge is 0.220 e. The van der Waals surface area contributed by atoms with E-state index in [4.69, 9.17) is 0 Å². The van der Waals surface area contributed by atoms with Gasteiger partial charge in [0, 0.05) is 18.9 Å². The third-order valence-electron chi connectivity index (χ3n) is 2.77. The first-order valence-electron chi connectivity index (χ1n) is 5.29. The quantitative estimate of drug-likeness (QED) is 0.615. The van der Waals surface area contributed by atoms with Crippen molar-refractivity contribution in [1.29, 1.82) is 0 Å². The lowest BCUT2D eigenvalue weighted by Gasteiger charge is -2.27. The standard InChI is InChI=1S/C10H19NO2S/c12-9-4-2-1-3-8(9)7-11-10(13)5-6-14/h8-9,12,14H,1-7H2,(H,11,13). The summed E-state index contributed by atoms with van der Waals surface area (Å²) in [7, 11) is 0. The number of thiol groups is 1. The number of aliphatic hydroxyl groups is 1. The van der Waals surface area contributed by atoms with Gasteiger partial charge < -0.3 is 10.4 Å². The molecule has 0 aromatic rings. The molecule has 0 aromatic heterocycles. The van der Waals surface area contributed by atoms with Crippen LogP contribution in [-0.2, 0) is 4.79 Å². The van der Waals surface area contributed by atoms with E-state index in [0.29, 0.717) is 18.7 Å². The van der Waals surface area contributed by atoms with Crippen molar-refractivity contribution in [2.45, 2.75) is 38.2 Å². The minimum Gasteiger partial charge on any atom is -0.393 e. The minimum atomic E-state index is -0.222. The van der Waals surface area contributed by atoms with Crippen molar-refractivity contribution in [3.8, 4) is 0 Å². The Labute approximate surface area is 90.7 Å². The first-order chi connectivity index (χ1) is 6.74. The number of nitrogens with one attached hydrogen (secondary N) is 1. The second-order valence-electron chi connectivity index (χ2n) is 3.89. The number of amides is 1. The number of rotatable bonds is 4. The Balaban J connectivity index is 2.19. The highest BCUT2D eigenvalue weighted by atomic mass is 32.1. The van der Waals surface area contributed by atoms with Crippen molar-refractivity contribution in [3.05, 3.63) is 0 Å². The lowest BCUT2D eigenvalue weighted by Crippen LogP contribution is -2.36. The van der Waals surface area contributed by atoms with Crippen LogP contribution in [0.4, 0.5) is 0 Å². The molecule has 0 bridgehead atoms. The summed E-state index contributed by atoms with van der Waals surface area (Å²) in [6, 6.07) is 0. The Kier molecular flexibility index (Phi) is 5.33. The van der Waals surface area contributed by atoms with Crippen LogP contribution in [0.5, 0.6) is 0 Å². The van der Waals surface area contributed by atoms with Gasteiger partial charge in [0.1, 0.15) is 0 Å². The maximum atomic E-state index is 11.2. The summed E-state index contributed by atoms with van der Waals surface area (Å²) in [5.74, 6) is 0.879. The molecule has 3 nitrogen and oxygen atoms in total. The molecule has 82 valence electrons. The van der Waals surface area contributed by atoms with Gasteiger partial charge in [-0.2, -0.15) is 12.6 Å². The lowest BCUT2D eigenvalue weighted by molar-refractivity contribution is -0.121. The number of hydrogen-bond donors (Lipinski definition) is 3. The Morgan fingerprint density at radius 2 is 2.14 bits per heavy atom. The summed E-state index contributed by atoms with van der Waals surface area (Å²) in [5.41, 5.74) is 0. The molecule has 0 aliphatic heterocycles. The second-order valence-corrected chi connectivity index (χ2v) is 4.34. The van der Waals surface area contributed by atoms with Crippen LogP contribution in [0.25, 0.3) is 0 Å². The SMILES string of the molecule is O=C(CCS)NCC1CCCCC1O. The summed E-state index contributed by atoms with van der Waals surface area (Å²) in [6.07, 6.45) is 4.44. The van der Waals surface area contributed by atoms with Crippen LogP contribution >= 0.6 is 12.6 Å². The maximum absolute atomic E-state index is 11.2. The second kappa shape index (κ2) is 6.30. The third kappa shape index (κ3) is 3.88. The van der Waals surface area contributed by atoms with E-state index in [2.05, 4.69) is 17.9 Å². The van der Waals surface area contributed by atoms with E-state index < -0.39 is 0 Å². The topological polar surface area (TPSA) is 49.3 Å². The molecule has 0 radical (unpaired) electrons. The van der Waals surface area contributed by atoms with Crippen molar-refractivity contribution in [2.24, 2.45) is 5.92 Å². The van der Waals surface area contributed by atoms with E-state index in [-0.39, 0.29) is 17.9 Å². The van der Waals surface area contributed by atoms with Gasteiger partial charge >= 0.3 is 0 Å². The van der Waals surface area contributed by atoms with Gasteiger partial charge in [-0.05, 0) is 18.6 Å². The molecule has 14 heavy (non-hydrogen) atoms. The van der Waals surface area contributed by atoms with E-state index in [0.717, 1.165) is 19.3 Å². The molecule has 2 N–H and O–H groups in total. The molecule has 1 rings (SSSR count). The van der Waals surface area contributed by atoms with Gasteiger partial charge in [-0.25, -0.2) is 0 Å². The zero-order valence-corrected chi connectivity index (χ0v) is 9.30. The van der Waals surface area contributed by atoms with Crippen molar-refractivity contribution >= 4 is 18.5 Å². The monoisotopic (exact) mass is 217 g/mol. The first-order valence-corrected chi connectivity index (χ1v) is 5.93. The Morgan fingerprint density at radius 3 is 2.79 bits per heavy atom. The predicted octanol–water partition coefficient (Wildman–Crippen LogP) is 0.974. The molecule has 2 atom stereocenters. The first kappa shape index (κ1) is 11.9. The van der Waals surface area contributed by atoms with Crippen LogP contribution in [0.15, 0.2) is 0 Å². The van der Waals surface area contributed by atoms with Gasteiger partial charge in [-0.3, -0.25) is 4.79 Å². The molecular formula is C10H19NO2S. The van der Waals surface area contributed by atoms with Crippen molar-refractivity contribution in [3.63, 3.8) is 0 Å². The summed E-state index contributed by atoms with van der Waals surface area (Å²) >= 11 is 3.99. The van der Waals surface area contributed by atoms with Gasteiger partial charge in [0.15, 0.2) is 0 Å². The Bertz CT molecular complexity index is 187. The highest BCUT2D eigenvalue weighted by Gasteiger charge is 2.22. The molecule has 2 unspecified atom stereocenters. The van der Waals surface area contributed by atoms with E-state index in [1.807, 2.05) is 0 Å². The van der Waals surface area contributed by atoms with Crippen LogP contribution in [-0.4, -0.2) is 29.4 Å². The number of aliphatic hydroxyl groups excluding tert-OH is 1. The largest absolute Gasteiger partial charge is 0.393 e. The number of hydrogen-bond acceptors (Lipinski definition) is 3. The molecule has 1 aliphatic carbocycles. The fraction of sp³-hybridized carbons (Fsp3) is 0.900. The molecule has 0 saturated heterocycles. The Morgan fingerprint density at radius 1 is 1.43 bits per heavy atom. The van der Waals surface area contributed by atoms with E-state index in [9.17, 15) is 9.90 Å². The van der Waals surface area contributed by atoms with E-state index in [1.165, 1.54) is 6.42 Å². The van der Waals surface area contributed by atoms with Crippen molar-refractivity contribution in [2.75, 3.05) is 12.3 Å².